The Balaban J connectivity index is 2.34. The van der Waals surface area contributed by atoms with Crippen molar-refractivity contribution in [3.8, 4) is 0 Å². The predicted molar refractivity (Wildman–Crippen MR) is 83.9 cm³/mol. The molecule has 19 heavy (non-hydrogen) atoms. The molecule has 2 nitrogen and oxygen atoms in total. The number of aliphatic hydroxyl groups is 1. The van der Waals surface area contributed by atoms with E-state index in [0.717, 1.165) is 12.8 Å². The van der Waals surface area contributed by atoms with Crippen molar-refractivity contribution >= 4 is 8.32 Å². The molecule has 1 rings (SSSR count). The third-order valence-electron chi connectivity index (χ3n) is 4.05. The summed E-state index contributed by atoms with van der Waals surface area (Å²) in [6, 6.07) is 10.3. The van der Waals surface area contributed by atoms with Crippen molar-refractivity contribution in [1.29, 1.82) is 0 Å². The molecule has 0 aliphatic carbocycles. The second kappa shape index (κ2) is 6.68. The van der Waals surface area contributed by atoms with Crippen LogP contribution in [0.25, 0.3) is 0 Å². The maximum absolute atomic E-state index is 10.0. The molecule has 0 heterocycles. The van der Waals surface area contributed by atoms with Gasteiger partial charge in [0.1, 0.15) is 0 Å². The maximum atomic E-state index is 10.0. The van der Waals surface area contributed by atoms with Crippen LogP contribution in [0.5, 0.6) is 0 Å². The predicted octanol–water partition coefficient (Wildman–Crippen LogP) is 4.00. The van der Waals surface area contributed by atoms with Crippen LogP contribution in [-0.4, -0.2) is 26.1 Å². The summed E-state index contributed by atoms with van der Waals surface area (Å²) in [4.78, 5) is 0. The molecule has 0 aliphatic heterocycles. The average Bonchev–Trinajstić information content (AvgIpc) is 2.34. The molecule has 1 aromatic rings. The zero-order valence-corrected chi connectivity index (χ0v) is 13.9. The van der Waals surface area contributed by atoms with Gasteiger partial charge in [-0.1, -0.05) is 51.1 Å². The Labute approximate surface area is 118 Å². The first kappa shape index (κ1) is 16.4. The van der Waals surface area contributed by atoms with E-state index in [4.69, 9.17) is 4.43 Å². The molecule has 0 aliphatic rings. The Kier molecular flexibility index (Phi) is 5.77. The Morgan fingerprint density at radius 2 is 1.74 bits per heavy atom. The summed E-state index contributed by atoms with van der Waals surface area (Å²) in [6.07, 6.45) is 1.30. The van der Waals surface area contributed by atoms with Crippen LogP contribution >= 0.6 is 0 Å². The molecular weight excluding hydrogens is 252 g/mol. The van der Waals surface area contributed by atoms with Crippen molar-refractivity contribution < 1.29 is 9.53 Å². The minimum absolute atomic E-state index is 0.201. The largest absolute Gasteiger partial charge is 0.414 e. The first-order chi connectivity index (χ1) is 8.72. The highest BCUT2D eigenvalue weighted by molar-refractivity contribution is 6.74. The third kappa shape index (κ3) is 5.47. The van der Waals surface area contributed by atoms with Crippen LogP contribution in [0.4, 0.5) is 0 Å². The highest BCUT2D eigenvalue weighted by atomic mass is 28.4. The van der Waals surface area contributed by atoms with E-state index in [9.17, 15) is 5.11 Å². The smallest absolute Gasteiger partial charge is 0.192 e. The Morgan fingerprint density at radius 3 is 2.26 bits per heavy atom. The molecule has 1 atom stereocenters. The quantitative estimate of drug-likeness (QED) is 0.798. The van der Waals surface area contributed by atoms with E-state index in [-0.39, 0.29) is 11.1 Å². The zero-order chi connectivity index (χ0) is 14.5. The Bertz CT molecular complexity index is 368. The molecule has 0 fully saturated rings. The van der Waals surface area contributed by atoms with Crippen LogP contribution in [0.2, 0.25) is 18.1 Å². The number of benzene rings is 1. The number of aliphatic hydroxyl groups excluding tert-OH is 1. The summed E-state index contributed by atoms with van der Waals surface area (Å²) in [5.41, 5.74) is 1.27. The highest BCUT2D eigenvalue weighted by Crippen LogP contribution is 2.36. The molecule has 0 spiro atoms. The molecule has 0 saturated carbocycles. The molecule has 0 unspecified atom stereocenters. The molecule has 0 amide bonds. The zero-order valence-electron chi connectivity index (χ0n) is 12.9. The standard InChI is InChI=1S/C16H28O2Si/c1-16(2,3)19(4,5)18-13-15(17)12-11-14-9-7-6-8-10-14/h6-10,15,17H,11-13H2,1-5H3/t15-/m1/s1. The minimum atomic E-state index is -1.74. The van der Waals surface area contributed by atoms with Crippen LogP contribution in [0.15, 0.2) is 30.3 Å². The second-order valence-corrected chi connectivity index (χ2v) is 11.6. The summed E-state index contributed by atoms with van der Waals surface area (Å²) in [6.45, 7) is 11.6. The second-order valence-electron chi connectivity index (χ2n) is 6.75. The van der Waals surface area contributed by atoms with Gasteiger partial charge in [-0.3, -0.25) is 0 Å². The lowest BCUT2D eigenvalue weighted by atomic mass is 10.1. The summed E-state index contributed by atoms with van der Waals surface area (Å²) < 4.78 is 6.03. The number of aryl methyl sites for hydroxylation is 1. The Morgan fingerprint density at radius 1 is 1.16 bits per heavy atom. The average molecular weight is 280 g/mol. The van der Waals surface area contributed by atoms with Gasteiger partial charge in [-0.15, -0.1) is 0 Å². The molecule has 0 bridgehead atoms. The van der Waals surface area contributed by atoms with Crippen LogP contribution in [0.1, 0.15) is 32.8 Å². The number of hydrogen-bond donors (Lipinski definition) is 1. The number of rotatable bonds is 6. The van der Waals surface area contributed by atoms with Crippen molar-refractivity contribution in [3.63, 3.8) is 0 Å². The van der Waals surface area contributed by atoms with E-state index >= 15 is 0 Å². The third-order valence-corrected chi connectivity index (χ3v) is 8.55. The summed E-state index contributed by atoms with van der Waals surface area (Å²) in [5, 5.41) is 10.2. The monoisotopic (exact) mass is 280 g/mol. The van der Waals surface area contributed by atoms with Crippen molar-refractivity contribution in [1.82, 2.24) is 0 Å². The lowest BCUT2D eigenvalue weighted by molar-refractivity contribution is 0.0931. The van der Waals surface area contributed by atoms with E-state index in [0.29, 0.717) is 6.61 Å². The van der Waals surface area contributed by atoms with Gasteiger partial charge in [-0.25, -0.2) is 0 Å². The molecule has 3 heteroatoms. The van der Waals surface area contributed by atoms with E-state index < -0.39 is 8.32 Å². The van der Waals surface area contributed by atoms with E-state index in [1.54, 1.807) is 0 Å². The molecule has 1 aromatic carbocycles. The van der Waals surface area contributed by atoms with E-state index in [1.165, 1.54) is 5.56 Å². The van der Waals surface area contributed by atoms with Gasteiger partial charge >= 0.3 is 0 Å². The van der Waals surface area contributed by atoms with E-state index in [2.05, 4.69) is 46.0 Å². The lowest BCUT2D eigenvalue weighted by Gasteiger charge is -2.36. The van der Waals surface area contributed by atoms with Gasteiger partial charge in [-0.05, 0) is 36.5 Å². The fourth-order valence-corrected chi connectivity index (χ4v) is 2.62. The summed E-state index contributed by atoms with van der Waals surface area (Å²) in [5.74, 6) is 0. The first-order valence-corrected chi connectivity index (χ1v) is 9.99. The van der Waals surface area contributed by atoms with Crippen LogP contribution in [-0.2, 0) is 10.8 Å². The maximum Gasteiger partial charge on any atom is 0.192 e. The van der Waals surface area contributed by atoms with Crippen molar-refractivity contribution in [2.45, 2.75) is 57.8 Å². The summed E-state index contributed by atoms with van der Waals surface area (Å²) in [7, 11) is -1.74. The Hall–Kier alpha value is -0.643. The molecular formula is C16H28O2Si. The minimum Gasteiger partial charge on any atom is -0.414 e. The fraction of sp³-hybridized carbons (Fsp3) is 0.625. The van der Waals surface area contributed by atoms with Gasteiger partial charge in [0.25, 0.3) is 0 Å². The molecule has 0 aromatic heterocycles. The SMILES string of the molecule is CC(C)(C)[Si](C)(C)OC[C@H](O)CCc1ccccc1. The molecule has 108 valence electrons. The first-order valence-electron chi connectivity index (χ1n) is 7.08. The van der Waals surface area contributed by atoms with Gasteiger partial charge in [0.2, 0.25) is 0 Å². The van der Waals surface area contributed by atoms with Gasteiger partial charge < -0.3 is 9.53 Å². The summed E-state index contributed by atoms with van der Waals surface area (Å²) >= 11 is 0. The van der Waals surface area contributed by atoms with Gasteiger partial charge in [-0.2, -0.15) is 0 Å². The number of hydrogen-bond acceptors (Lipinski definition) is 2. The normalized spacial score (nSPS) is 14.4. The highest BCUT2D eigenvalue weighted by Gasteiger charge is 2.37. The van der Waals surface area contributed by atoms with Crippen molar-refractivity contribution in [3.05, 3.63) is 35.9 Å². The fourth-order valence-electron chi connectivity index (χ4n) is 1.58. The van der Waals surface area contributed by atoms with Crippen LogP contribution < -0.4 is 0 Å². The van der Waals surface area contributed by atoms with Gasteiger partial charge in [0, 0.05) is 0 Å². The van der Waals surface area contributed by atoms with Gasteiger partial charge in [0.05, 0.1) is 12.7 Å². The lowest BCUT2D eigenvalue weighted by Crippen LogP contribution is -2.42. The van der Waals surface area contributed by atoms with E-state index in [1.807, 2.05) is 18.2 Å². The topological polar surface area (TPSA) is 29.5 Å². The van der Waals surface area contributed by atoms with Crippen LogP contribution in [0.3, 0.4) is 0 Å². The van der Waals surface area contributed by atoms with Crippen LogP contribution in [0, 0.1) is 0 Å². The van der Waals surface area contributed by atoms with Crippen molar-refractivity contribution in [2.24, 2.45) is 0 Å². The molecule has 0 saturated heterocycles. The van der Waals surface area contributed by atoms with Crippen molar-refractivity contribution in [2.75, 3.05) is 6.61 Å². The van der Waals surface area contributed by atoms with Gasteiger partial charge in [0.15, 0.2) is 8.32 Å². The molecule has 1 N–H and O–H groups in total. The molecule has 0 radical (unpaired) electrons.